The van der Waals surface area contributed by atoms with Crippen LogP contribution in [0.1, 0.15) is 5.69 Å². The first kappa shape index (κ1) is 13.9. The number of rotatable bonds is 4. The van der Waals surface area contributed by atoms with Crippen molar-refractivity contribution in [1.29, 1.82) is 0 Å². The predicted octanol–water partition coefficient (Wildman–Crippen LogP) is 2.55. The molecule has 8 heteroatoms. The van der Waals surface area contributed by atoms with Gasteiger partial charge in [-0.05, 0) is 18.2 Å². The number of thiazole rings is 1. The Hall–Kier alpha value is -2.48. The van der Waals surface area contributed by atoms with Crippen LogP contribution in [0.25, 0.3) is 0 Å². The molecular weight excluding hydrogens is 285 g/mol. The van der Waals surface area contributed by atoms with Gasteiger partial charge in [-0.3, -0.25) is 10.1 Å². The summed E-state index contributed by atoms with van der Waals surface area (Å²) in [5.74, 6) is -1.45. The van der Waals surface area contributed by atoms with E-state index in [1.165, 1.54) is 18.2 Å². The highest BCUT2D eigenvalue weighted by Gasteiger charge is 2.09. The van der Waals surface area contributed by atoms with Crippen molar-refractivity contribution in [2.24, 2.45) is 0 Å². The third-order valence-electron chi connectivity index (χ3n) is 2.19. The zero-order chi connectivity index (χ0) is 14.5. The van der Waals surface area contributed by atoms with E-state index in [-0.39, 0.29) is 11.6 Å². The molecule has 0 aliphatic rings. The molecule has 1 heterocycles. The number of carbonyl (C=O) groups is 2. The van der Waals surface area contributed by atoms with Crippen LogP contribution in [0, 0.1) is 5.82 Å². The van der Waals surface area contributed by atoms with Crippen molar-refractivity contribution in [3.63, 3.8) is 0 Å². The van der Waals surface area contributed by atoms with Crippen LogP contribution in [0.5, 0.6) is 0 Å². The van der Waals surface area contributed by atoms with Crippen molar-refractivity contribution in [3.05, 3.63) is 41.2 Å². The Balaban J connectivity index is 1.94. The standard InChI is InChI=1S/C12H10FN3O3S/c13-7-2-1-3-8(4-7)14-11(19)16-12-15-9(6-20-12)5-10(17)18/h1-4,6H,5H2,(H,17,18)(H2,14,15,16,19). The fourth-order valence-corrected chi connectivity index (χ4v) is 2.13. The van der Waals surface area contributed by atoms with Crippen molar-refractivity contribution in [2.75, 3.05) is 10.6 Å². The normalized spacial score (nSPS) is 10.1. The Morgan fingerprint density at radius 2 is 2.15 bits per heavy atom. The molecule has 0 unspecified atom stereocenters. The van der Waals surface area contributed by atoms with E-state index in [0.29, 0.717) is 11.4 Å². The van der Waals surface area contributed by atoms with Gasteiger partial charge in [-0.1, -0.05) is 6.07 Å². The second-order valence-corrected chi connectivity index (χ2v) is 4.66. The number of hydrogen-bond donors (Lipinski definition) is 3. The van der Waals surface area contributed by atoms with Crippen molar-refractivity contribution >= 4 is 34.2 Å². The lowest BCUT2D eigenvalue weighted by Gasteiger charge is -2.04. The number of aromatic nitrogens is 1. The first-order valence-electron chi connectivity index (χ1n) is 5.53. The molecule has 0 radical (unpaired) electrons. The summed E-state index contributed by atoms with van der Waals surface area (Å²) in [6.07, 6.45) is -0.205. The molecule has 6 nitrogen and oxygen atoms in total. The summed E-state index contributed by atoms with van der Waals surface area (Å²) in [6.45, 7) is 0. The molecule has 0 fully saturated rings. The third kappa shape index (κ3) is 4.02. The van der Waals surface area contributed by atoms with E-state index in [9.17, 15) is 14.0 Å². The lowest BCUT2D eigenvalue weighted by atomic mass is 10.3. The molecule has 2 amide bonds. The molecule has 2 aromatic rings. The van der Waals surface area contributed by atoms with Gasteiger partial charge in [0.1, 0.15) is 5.82 Å². The first-order valence-corrected chi connectivity index (χ1v) is 6.40. The van der Waals surface area contributed by atoms with Gasteiger partial charge >= 0.3 is 12.0 Å². The summed E-state index contributed by atoms with van der Waals surface area (Å²) in [7, 11) is 0. The molecule has 104 valence electrons. The minimum atomic E-state index is -0.994. The summed E-state index contributed by atoms with van der Waals surface area (Å²) in [5, 5.41) is 15.3. The van der Waals surface area contributed by atoms with E-state index >= 15 is 0 Å². The number of nitrogens with one attached hydrogen (secondary N) is 2. The maximum absolute atomic E-state index is 12.9. The molecule has 0 aliphatic carbocycles. The topological polar surface area (TPSA) is 91.3 Å². The Morgan fingerprint density at radius 1 is 1.35 bits per heavy atom. The number of halogens is 1. The van der Waals surface area contributed by atoms with Crippen LogP contribution >= 0.6 is 11.3 Å². The molecule has 1 aromatic heterocycles. The van der Waals surface area contributed by atoms with Gasteiger partial charge in [-0.15, -0.1) is 11.3 Å². The molecule has 0 atom stereocenters. The summed E-state index contributed by atoms with van der Waals surface area (Å²) < 4.78 is 12.9. The summed E-state index contributed by atoms with van der Waals surface area (Å²) in [6, 6.07) is 4.88. The van der Waals surface area contributed by atoms with Crippen LogP contribution in [0.2, 0.25) is 0 Å². The zero-order valence-electron chi connectivity index (χ0n) is 10.1. The van der Waals surface area contributed by atoms with Crippen LogP contribution in [0.15, 0.2) is 29.6 Å². The highest BCUT2D eigenvalue weighted by atomic mass is 32.1. The molecule has 1 aromatic carbocycles. The van der Waals surface area contributed by atoms with E-state index in [1.54, 1.807) is 11.4 Å². The average Bonchev–Trinajstić information content (AvgIpc) is 2.75. The molecule has 2 rings (SSSR count). The molecule has 0 aliphatic heterocycles. The van der Waals surface area contributed by atoms with Crippen molar-refractivity contribution < 1.29 is 19.1 Å². The fraction of sp³-hybridized carbons (Fsp3) is 0.0833. The molecule has 3 N–H and O–H groups in total. The van der Waals surface area contributed by atoms with Gasteiger partial charge in [0.2, 0.25) is 0 Å². The smallest absolute Gasteiger partial charge is 0.325 e. The summed E-state index contributed by atoms with van der Waals surface area (Å²) >= 11 is 1.11. The van der Waals surface area contributed by atoms with Gasteiger partial charge in [0.15, 0.2) is 5.13 Å². The monoisotopic (exact) mass is 295 g/mol. The van der Waals surface area contributed by atoms with Crippen LogP contribution in [-0.4, -0.2) is 22.1 Å². The second kappa shape index (κ2) is 6.11. The Kier molecular flexibility index (Phi) is 4.26. The number of aliphatic carboxylic acids is 1. The zero-order valence-corrected chi connectivity index (χ0v) is 10.9. The summed E-state index contributed by atoms with van der Waals surface area (Å²) in [5.41, 5.74) is 0.674. The van der Waals surface area contributed by atoms with Gasteiger partial charge < -0.3 is 10.4 Å². The fourth-order valence-electron chi connectivity index (χ4n) is 1.43. The lowest BCUT2D eigenvalue weighted by Crippen LogP contribution is -2.19. The van der Waals surface area contributed by atoms with E-state index in [1.807, 2.05) is 0 Å². The van der Waals surface area contributed by atoms with E-state index in [2.05, 4.69) is 15.6 Å². The minimum Gasteiger partial charge on any atom is -0.481 e. The molecule has 0 spiro atoms. The number of amides is 2. The van der Waals surface area contributed by atoms with Gasteiger partial charge in [0.05, 0.1) is 12.1 Å². The number of carboxylic acids is 1. The minimum absolute atomic E-state index is 0.205. The van der Waals surface area contributed by atoms with Gasteiger partial charge in [0, 0.05) is 11.1 Å². The van der Waals surface area contributed by atoms with Crippen molar-refractivity contribution in [3.8, 4) is 0 Å². The molecule has 0 saturated carbocycles. The predicted molar refractivity (Wildman–Crippen MR) is 72.5 cm³/mol. The molecular formula is C12H10FN3O3S. The van der Waals surface area contributed by atoms with Gasteiger partial charge in [-0.25, -0.2) is 14.2 Å². The number of anilines is 2. The largest absolute Gasteiger partial charge is 0.481 e. The van der Waals surface area contributed by atoms with Gasteiger partial charge in [-0.2, -0.15) is 0 Å². The number of benzene rings is 1. The van der Waals surface area contributed by atoms with E-state index in [4.69, 9.17) is 5.11 Å². The number of nitrogens with zero attached hydrogens (tertiary/aromatic N) is 1. The summed E-state index contributed by atoms with van der Waals surface area (Å²) in [4.78, 5) is 26.1. The Bertz CT molecular complexity index is 644. The Morgan fingerprint density at radius 3 is 2.85 bits per heavy atom. The highest BCUT2D eigenvalue weighted by Crippen LogP contribution is 2.16. The van der Waals surface area contributed by atoms with Crippen LogP contribution in [0.3, 0.4) is 0 Å². The highest BCUT2D eigenvalue weighted by molar-refractivity contribution is 7.13. The SMILES string of the molecule is O=C(O)Cc1csc(NC(=O)Nc2cccc(F)c2)n1. The number of urea groups is 1. The quantitative estimate of drug-likeness (QED) is 0.808. The molecule has 0 bridgehead atoms. The van der Waals surface area contributed by atoms with Crippen molar-refractivity contribution in [1.82, 2.24) is 4.98 Å². The maximum Gasteiger partial charge on any atom is 0.325 e. The van der Waals surface area contributed by atoms with Gasteiger partial charge in [0.25, 0.3) is 0 Å². The lowest BCUT2D eigenvalue weighted by molar-refractivity contribution is -0.136. The number of carboxylic acid groups (broad SMARTS) is 1. The van der Waals surface area contributed by atoms with Crippen molar-refractivity contribution in [2.45, 2.75) is 6.42 Å². The van der Waals surface area contributed by atoms with Crippen LogP contribution < -0.4 is 10.6 Å². The molecule has 0 saturated heterocycles. The second-order valence-electron chi connectivity index (χ2n) is 3.80. The Labute approximate surface area is 117 Å². The number of carbonyl (C=O) groups excluding carboxylic acids is 1. The first-order chi connectivity index (χ1) is 9.52. The maximum atomic E-state index is 12.9. The molecule has 20 heavy (non-hydrogen) atoms. The third-order valence-corrected chi connectivity index (χ3v) is 2.99. The average molecular weight is 295 g/mol. The van der Waals surface area contributed by atoms with E-state index < -0.39 is 17.8 Å². The number of hydrogen-bond acceptors (Lipinski definition) is 4. The van der Waals surface area contributed by atoms with Crippen LogP contribution in [-0.2, 0) is 11.2 Å². The van der Waals surface area contributed by atoms with Crippen LogP contribution in [0.4, 0.5) is 20.0 Å². The van der Waals surface area contributed by atoms with E-state index in [0.717, 1.165) is 11.3 Å².